The Morgan fingerprint density at radius 3 is 2.54 bits per heavy atom. The maximum Gasteiger partial charge on any atom is 0.243 e. The summed E-state index contributed by atoms with van der Waals surface area (Å²) in [6.45, 7) is 0.560. The van der Waals surface area contributed by atoms with Gasteiger partial charge in [-0.05, 0) is 24.3 Å². The van der Waals surface area contributed by atoms with E-state index in [1.807, 2.05) is 17.8 Å². The van der Waals surface area contributed by atoms with Crippen LogP contribution in [0.4, 0.5) is 5.69 Å². The van der Waals surface area contributed by atoms with Crippen molar-refractivity contribution in [3.63, 3.8) is 0 Å². The molecule has 0 fully saturated rings. The molecule has 7 nitrogen and oxygen atoms in total. The summed E-state index contributed by atoms with van der Waals surface area (Å²) in [5.74, 6) is 1.24. The molecule has 24 heavy (non-hydrogen) atoms. The zero-order chi connectivity index (χ0) is 15.9. The number of rotatable bonds is 7. The first-order valence-electron chi connectivity index (χ1n) is 6.84. The van der Waals surface area contributed by atoms with Crippen LogP contribution in [0.1, 0.15) is 5.82 Å². The van der Waals surface area contributed by atoms with Gasteiger partial charge in [0.1, 0.15) is 24.2 Å². The molecule has 0 aliphatic carbocycles. The Labute approximate surface area is 153 Å². The summed E-state index contributed by atoms with van der Waals surface area (Å²) >= 11 is 0. The molecule has 1 heterocycles. The van der Waals surface area contributed by atoms with Gasteiger partial charge in [-0.25, -0.2) is 4.98 Å². The van der Waals surface area contributed by atoms with E-state index >= 15 is 0 Å². The summed E-state index contributed by atoms with van der Waals surface area (Å²) in [6, 6.07) is 6.38. The van der Waals surface area contributed by atoms with Crippen LogP contribution in [-0.2, 0) is 23.2 Å². The van der Waals surface area contributed by atoms with Crippen LogP contribution < -0.4 is 15.8 Å². The summed E-state index contributed by atoms with van der Waals surface area (Å²) in [7, 11) is 3.41. The first kappa shape index (κ1) is 22.2. The Hall–Kier alpha value is -1.80. The van der Waals surface area contributed by atoms with Gasteiger partial charge in [-0.2, -0.15) is 0 Å². The number of aromatic nitrogens is 2. The number of ether oxygens (including phenoxy) is 2. The predicted octanol–water partition coefficient (Wildman–Crippen LogP) is 1.75. The van der Waals surface area contributed by atoms with Crippen molar-refractivity contribution >= 4 is 36.4 Å². The zero-order valence-electron chi connectivity index (χ0n) is 13.5. The van der Waals surface area contributed by atoms with Crippen molar-refractivity contribution in [3.8, 4) is 5.75 Å². The topological polar surface area (TPSA) is 91.4 Å². The second kappa shape index (κ2) is 10.9. The Morgan fingerprint density at radius 1 is 1.33 bits per heavy atom. The van der Waals surface area contributed by atoms with Gasteiger partial charge in [0.25, 0.3) is 0 Å². The highest BCUT2D eigenvalue weighted by atomic mass is 35.5. The Balaban J connectivity index is 0.00000264. The van der Waals surface area contributed by atoms with Crippen molar-refractivity contribution in [1.29, 1.82) is 0 Å². The number of aryl methyl sites for hydroxylation is 1. The van der Waals surface area contributed by atoms with Crippen molar-refractivity contribution in [1.82, 2.24) is 9.55 Å². The normalized spacial score (nSPS) is 11.0. The fourth-order valence-electron chi connectivity index (χ4n) is 1.81. The van der Waals surface area contributed by atoms with E-state index in [4.69, 9.17) is 15.2 Å². The van der Waals surface area contributed by atoms with Crippen molar-refractivity contribution in [3.05, 3.63) is 42.5 Å². The third kappa shape index (κ3) is 6.37. The summed E-state index contributed by atoms with van der Waals surface area (Å²) in [4.78, 5) is 15.9. The zero-order valence-corrected chi connectivity index (χ0v) is 15.1. The molecule has 0 saturated heterocycles. The number of hydrogen-bond donors (Lipinski definition) is 2. The molecule has 0 bridgehead atoms. The third-order valence-corrected chi connectivity index (χ3v) is 3.09. The van der Waals surface area contributed by atoms with Crippen molar-refractivity contribution in [2.45, 2.75) is 12.6 Å². The van der Waals surface area contributed by atoms with Gasteiger partial charge < -0.3 is 25.1 Å². The van der Waals surface area contributed by atoms with Crippen LogP contribution in [0.5, 0.6) is 5.75 Å². The van der Waals surface area contributed by atoms with Crippen LogP contribution in [0.2, 0.25) is 0 Å². The molecule has 134 valence electrons. The molecule has 1 atom stereocenters. The molecule has 0 spiro atoms. The van der Waals surface area contributed by atoms with Gasteiger partial charge in [0.15, 0.2) is 0 Å². The number of nitrogens with one attached hydrogen (secondary N) is 1. The number of hydrogen-bond acceptors (Lipinski definition) is 5. The predicted molar refractivity (Wildman–Crippen MR) is 97.0 cm³/mol. The maximum absolute atomic E-state index is 11.7. The van der Waals surface area contributed by atoms with Crippen LogP contribution in [-0.4, -0.2) is 35.2 Å². The molecule has 2 rings (SSSR count). The van der Waals surface area contributed by atoms with Gasteiger partial charge in [0.05, 0.1) is 6.61 Å². The largest absolute Gasteiger partial charge is 0.486 e. The number of methoxy groups -OCH3 is 1. The monoisotopic (exact) mass is 376 g/mol. The molecule has 1 amide bonds. The second-order valence-electron chi connectivity index (χ2n) is 4.82. The van der Waals surface area contributed by atoms with Crippen LogP contribution in [0.25, 0.3) is 0 Å². The van der Waals surface area contributed by atoms with Gasteiger partial charge in [-0.15, -0.1) is 24.8 Å². The van der Waals surface area contributed by atoms with Crippen LogP contribution in [0.15, 0.2) is 36.7 Å². The molecule has 1 unspecified atom stereocenters. The number of imidazole rings is 1. The lowest BCUT2D eigenvalue weighted by molar-refractivity contribution is -0.118. The Bertz CT molecular complexity index is 619. The number of nitrogens with two attached hydrogens (primary N) is 1. The van der Waals surface area contributed by atoms with Crippen molar-refractivity contribution in [2.24, 2.45) is 12.8 Å². The van der Waals surface area contributed by atoms with Crippen molar-refractivity contribution in [2.75, 3.05) is 19.0 Å². The fraction of sp³-hybridized carbons (Fsp3) is 0.333. The van der Waals surface area contributed by atoms with Gasteiger partial charge in [-0.1, -0.05) is 0 Å². The molecule has 1 aromatic carbocycles. The molecule has 1 aromatic heterocycles. The standard InChI is InChI=1S/C15H20N4O3.2ClH/c1-19-8-7-17-14(19)10-22-12-5-3-11(4-6-12)18-15(20)13(16)9-21-2;;/h3-8,13H,9-10,16H2,1-2H3,(H,18,20);2*1H. The fourth-order valence-corrected chi connectivity index (χ4v) is 1.81. The highest BCUT2D eigenvalue weighted by Gasteiger charge is 2.12. The number of halogens is 2. The van der Waals surface area contributed by atoms with Gasteiger partial charge >= 0.3 is 0 Å². The van der Waals surface area contributed by atoms with E-state index < -0.39 is 6.04 Å². The van der Waals surface area contributed by atoms with E-state index in [9.17, 15) is 4.79 Å². The lowest BCUT2D eigenvalue weighted by Crippen LogP contribution is -2.39. The average Bonchev–Trinajstić information content (AvgIpc) is 2.92. The van der Waals surface area contributed by atoms with Gasteiger partial charge in [0.2, 0.25) is 5.91 Å². The number of amides is 1. The van der Waals surface area contributed by atoms with Gasteiger partial charge in [0, 0.05) is 32.2 Å². The smallest absolute Gasteiger partial charge is 0.243 e. The van der Waals surface area contributed by atoms with E-state index in [1.165, 1.54) is 7.11 Å². The van der Waals surface area contributed by atoms with E-state index in [0.29, 0.717) is 18.0 Å². The number of benzene rings is 1. The van der Waals surface area contributed by atoms with E-state index in [0.717, 1.165) is 5.82 Å². The SMILES string of the molecule is COCC(N)C(=O)Nc1ccc(OCc2nccn2C)cc1.Cl.Cl. The lowest BCUT2D eigenvalue weighted by atomic mass is 10.2. The Kier molecular flexibility index (Phi) is 10.1. The Morgan fingerprint density at radius 2 is 2.00 bits per heavy atom. The first-order valence-corrected chi connectivity index (χ1v) is 6.84. The molecule has 0 aliphatic rings. The van der Waals surface area contributed by atoms with Gasteiger partial charge in [-0.3, -0.25) is 4.79 Å². The summed E-state index contributed by atoms with van der Waals surface area (Å²) in [5, 5.41) is 2.72. The molecular formula is C15H22Cl2N4O3. The quantitative estimate of drug-likeness (QED) is 0.767. The molecule has 0 aliphatic heterocycles. The molecule has 0 radical (unpaired) electrons. The van der Waals surface area contributed by atoms with Crippen LogP contribution in [0, 0.1) is 0 Å². The second-order valence-corrected chi connectivity index (χ2v) is 4.82. The number of nitrogens with zero attached hydrogens (tertiary/aromatic N) is 2. The number of carbonyl (C=O) groups is 1. The average molecular weight is 377 g/mol. The van der Waals surface area contributed by atoms with Crippen molar-refractivity contribution < 1.29 is 14.3 Å². The number of anilines is 1. The van der Waals surface area contributed by atoms with E-state index in [-0.39, 0.29) is 37.3 Å². The van der Waals surface area contributed by atoms with E-state index in [1.54, 1.807) is 30.5 Å². The lowest BCUT2D eigenvalue weighted by Gasteiger charge is -2.12. The molecular weight excluding hydrogens is 355 g/mol. The van der Waals surface area contributed by atoms with Crippen LogP contribution >= 0.6 is 24.8 Å². The minimum atomic E-state index is -0.690. The number of carbonyl (C=O) groups excluding carboxylic acids is 1. The minimum Gasteiger partial charge on any atom is -0.486 e. The summed E-state index contributed by atoms with van der Waals surface area (Å²) in [5.41, 5.74) is 6.30. The van der Waals surface area contributed by atoms with Crippen LogP contribution in [0.3, 0.4) is 0 Å². The van der Waals surface area contributed by atoms with E-state index in [2.05, 4.69) is 10.3 Å². The summed E-state index contributed by atoms with van der Waals surface area (Å²) in [6.07, 6.45) is 3.58. The maximum atomic E-state index is 11.7. The first-order chi connectivity index (χ1) is 10.6. The summed E-state index contributed by atoms with van der Waals surface area (Å²) < 4.78 is 12.4. The molecule has 3 N–H and O–H groups in total. The highest BCUT2D eigenvalue weighted by molar-refractivity contribution is 5.94. The molecule has 0 saturated carbocycles. The highest BCUT2D eigenvalue weighted by Crippen LogP contribution is 2.16. The third-order valence-electron chi connectivity index (χ3n) is 3.09. The minimum absolute atomic E-state index is 0. The molecule has 2 aromatic rings. The molecule has 9 heteroatoms.